The molecule has 2 aromatic rings. The molecular weight excluding hydrogens is 462 g/mol. The second-order valence-electron chi connectivity index (χ2n) is 7.20. The van der Waals surface area contributed by atoms with E-state index in [0.717, 1.165) is 0 Å². The number of hydrogen-bond donors (Lipinski definition) is 1. The fourth-order valence-electron chi connectivity index (χ4n) is 3.38. The number of nitrogens with one attached hydrogen (secondary N) is 1. The van der Waals surface area contributed by atoms with Crippen molar-refractivity contribution in [2.24, 2.45) is 0 Å². The van der Waals surface area contributed by atoms with Gasteiger partial charge in [0.05, 0.1) is 39.0 Å². The molecule has 0 aromatic heterocycles. The van der Waals surface area contributed by atoms with Crippen LogP contribution in [0.4, 0.5) is 11.4 Å². The molecule has 1 saturated heterocycles. The zero-order valence-corrected chi connectivity index (χ0v) is 19.6. The van der Waals surface area contributed by atoms with Crippen LogP contribution >= 0.6 is 12.2 Å². The van der Waals surface area contributed by atoms with E-state index in [2.05, 4.69) is 10.1 Å². The van der Waals surface area contributed by atoms with E-state index < -0.39 is 29.8 Å². The van der Waals surface area contributed by atoms with Gasteiger partial charge in [-0.15, -0.1) is 0 Å². The first-order valence-corrected chi connectivity index (χ1v) is 10.5. The van der Waals surface area contributed by atoms with Crippen molar-refractivity contribution in [2.75, 3.05) is 38.1 Å². The first-order valence-electron chi connectivity index (χ1n) is 10.1. The molecule has 1 N–H and O–H groups in total. The summed E-state index contributed by atoms with van der Waals surface area (Å²) in [7, 11) is 4.02. The van der Waals surface area contributed by atoms with E-state index >= 15 is 0 Å². The van der Waals surface area contributed by atoms with Gasteiger partial charge in [0, 0.05) is 5.69 Å². The Kier molecular flexibility index (Phi) is 7.79. The first kappa shape index (κ1) is 24.6. The van der Waals surface area contributed by atoms with E-state index in [1.54, 1.807) is 36.4 Å². The van der Waals surface area contributed by atoms with Gasteiger partial charge in [-0.1, -0.05) is 0 Å². The molecule has 11 heteroatoms. The predicted molar refractivity (Wildman–Crippen MR) is 127 cm³/mol. The number of benzene rings is 2. The number of amides is 2. The Morgan fingerprint density at radius 2 is 1.62 bits per heavy atom. The van der Waals surface area contributed by atoms with Gasteiger partial charge in [-0.05, 0) is 60.7 Å². The Morgan fingerprint density at radius 3 is 2.18 bits per heavy atom. The van der Waals surface area contributed by atoms with Crippen molar-refractivity contribution in [3.8, 4) is 5.75 Å². The predicted octanol–water partition coefficient (Wildman–Crippen LogP) is 1.99. The zero-order chi connectivity index (χ0) is 24.8. The van der Waals surface area contributed by atoms with Gasteiger partial charge in [0.1, 0.15) is 18.3 Å². The van der Waals surface area contributed by atoms with Crippen LogP contribution in [-0.4, -0.2) is 67.7 Å². The lowest BCUT2D eigenvalue weighted by atomic mass is 10.1. The number of hydrogen-bond acceptors (Lipinski definition) is 8. The lowest BCUT2D eigenvalue weighted by molar-refractivity contribution is -0.141. The smallest absolute Gasteiger partial charge is 0.337 e. The van der Waals surface area contributed by atoms with Crippen molar-refractivity contribution >= 4 is 52.5 Å². The highest BCUT2D eigenvalue weighted by Gasteiger charge is 2.45. The van der Waals surface area contributed by atoms with E-state index in [1.165, 1.54) is 43.3 Å². The lowest BCUT2D eigenvalue weighted by Crippen LogP contribution is -2.41. The second kappa shape index (κ2) is 10.8. The Balaban J connectivity index is 1.79. The number of ether oxygens (including phenoxy) is 3. The number of carbonyl (C=O) groups is 4. The molecule has 1 atom stereocenters. The summed E-state index contributed by atoms with van der Waals surface area (Å²) >= 11 is 5.47. The Morgan fingerprint density at radius 1 is 0.971 bits per heavy atom. The molecule has 1 aliphatic rings. The minimum absolute atomic E-state index is 0.0841. The highest BCUT2D eigenvalue weighted by molar-refractivity contribution is 7.80. The van der Waals surface area contributed by atoms with Crippen LogP contribution in [0.15, 0.2) is 48.5 Å². The quantitative estimate of drug-likeness (QED) is 0.443. The topological polar surface area (TPSA) is 114 Å². The maximum Gasteiger partial charge on any atom is 0.337 e. The van der Waals surface area contributed by atoms with Crippen LogP contribution in [0.2, 0.25) is 0 Å². The molecule has 2 amide bonds. The summed E-state index contributed by atoms with van der Waals surface area (Å²) in [5.74, 6) is -1.42. The third-order valence-electron chi connectivity index (χ3n) is 5.14. The van der Waals surface area contributed by atoms with Crippen LogP contribution in [0.1, 0.15) is 16.8 Å². The van der Waals surface area contributed by atoms with E-state index in [0.29, 0.717) is 22.7 Å². The number of rotatable bonds is 8. The molecule has 2 aromatic carbocycles. The summed E-state index contributed by atoms with van der Waals surface area (Å²) in [6.45, 7) is -0.292. The van der Waals surface area contributed by atoms with Gasteiger partial charge in [0.15, 0.2) is 5.11 Å². The summed E-state index contributed by atoms with van der Waals surface area (Å²) in [4.78, 5) is 52.2. The summed E-state index contributed by atoms with van der Waals surface area (Å²) in [5.41, 5.74) is 1.24. The number of thiocarbonyl (C=S) groups is 1. The van der Waals surface area contributed by atoms with Gasteiger partial charge in [-0.2, -0.15) is 0 Å². The maximum absolute atomic E-state index is 13.3. The van der Waals surface area contributed by atoms with E-state index in [9.17, 15) is 19.2 Å². The van der Waals surface area contributed by atoms with E-state index in [4.69, 9.17) is 21.7 Å². The number of anilines is 2. The molecule has 1 heterocycles. The van der Waals surface area contributed by atoms with Gasteiger partial charge in [0.2, 0.25) is 5.91 Å². The highest BCUT2D eigenvalue weighted by atomic mass is 32.1. The molecule has 1 unspecified atom stereocenters. The molecule has 178 valence electrons. The monoisotopic (exact) mass is 485 g/mol. The van der Waals surface area contributed by atoms with Crippen LogP contribution < -0.4 is 15.0 Å². The third-order valence-corrected chi connectivity index (χ3v) is 5.56. The largest absolute Gasteiger partial charge is 0.497 e. The van der Waals surface area contributed by atoms with Crippen LogP contribution in [0, 0.1) is 0 Å². The van der Waals surface area contributed by atoms with E-state index in [1.807, 2.05) is 0 Å². The van der Waals surface area contributed by atoms with Crippen LogP contribution in [-0.2, 0) is 23.9 Å². The molecule has 1 fully saturated rings. The molecule has 0 saturated carbocycles. The van der Waals surface area contributed by atoms with Gasteiger partial charge >= 0.3 is 11.9 Å². The average Bonchev–Trinajstić information content (AvgIpc) is 3.07. The summed E-state index contributed by atoms with van der Waals surface area (Å²) in [5, 5.41) is 2.77. The number of carbonyl (C=O) groups excluding carboxylic acids is 4. The molecule has 0 aliphatic carbocycles. The summed E-state index contributed by atoms with van der Waals surface area (Å²) < 4.78 is 14.5. The van der Waals surface area contributed by atoms with Crippen LogP contribution in [0.25, 0.3) is 0 Å². The standard InChI is InChI=1S/C23H23N3O7S/c1-31-17-10-8-16(9-11-17)26-21(29)18(25(23(26)34)13-20(28)32-2)12-19(27)24-15-6-4-14(5-7-15)22(30)33-3/h4-11,18H,12-13H2,1-3H3,(H,24,27). The minimum atomic E-state index is -1.01. The fourth-order valence-corrected chi connectivity index (χ4v) is 3.77. The Labute approximate surface area is 201 Å². The Bertz CT molecular complexity index is 1100. The number of methoxy groups -OCH3 is 3. The van der Waals surface area contributed by atoms with Crippen molar-refractivity contribution in [1.82, 2.24) is 4.90 Å². The second-order valence-corrected chi connectivity index (χ2v) is 7.56. The normalized spacial score (nSPS) is 15.2. The summed E-state index contributed by atoms with van der Waals surface area (Å²) in [6.07, 6.45) is -0.263. The van der Waals surface area contributed by atoms with Crippen molar-refractivity contribution < 1.29 is 33.4 Å². The van der Waals surface area contributed by atoms with Crippen molar-refractivity contribution in [1.29, 1.82) is 0 Å². The summed E-state index contributed by atoms with van der Waals surface area (Å²) in [6, 6.07) is 11.8. The lowest BCUT2D eigenvalue weighted by Gasteiger charge is -2.22. The van der Waals surface area contributed by atoms with Crippen molar-refractivity contribution in [3.05, 3.63) is 54.1 Å². The molecule has 0 bridgehead atoms. The maximum atomic E-state index is 13.3. The van der Waals surface area contributed by atoms with Gasteiger partial charge in [-0.3, -0.25) is 19.3 Å². The van der Waals surface area contributed by atoms with Gasteiger partial charge < -0.3 is 24.4 Å². The third kappa shape index (κ3) is 5.31. The first-order chi connectivity index (χ1) is 16.3. The molecule has 0 spiro atoms. The fraction of sp³-hybridized carbons (Fsp3) is 0.261. The molecule has 10 nitrogen and oxygen atoms in total. The Hall–Kier alpha value is -3.99. The zero-order valence-electron chi connectivity index (χ0n) is 18.8. The number of esters is 2. The van der Waals surface area contributed by atoms with Crippen molar-refractivity contribution in [2.45, 2.75) is 12.5 Å². The molecule has 3 rings (SSSR count). The van der Waals surface area contributed by atoms with Crippen molar-refractivity contribution in [3.63, 3.8) is 0 Å². The molecule has 34 heavy (non-hydrogen) atoms. The molecule has 1 aliphatic heterocycles. The van der Waals surface area contributed by atoms with Crippen LogP contribution in [0.3, 0.4) is 0 Å². The van der Waals surface area contributed by atoms with Crippen LogP contribution in [0.5, 0.6) is 5.75 Å². The molecule has 0 radical (unpaired) electrons. The minimum Gasteiger partial charge on any atom is -0.497 e. The highest BCUT2D eigenvalue weighted by Crippen LogP contribution is 2.29. The molecular formula is C23H23N3O7S. The number of nitrogens with zero attached hydrogens (tertiary/aromatic N) is 2. The van der Waals surface area contributed by atoms with Gasteiger partial charge in [-0.25, -0.2) is 4.79 Å². The average molecular weight is 486 g/mol. The SMILES string of the molecule is COC(=O)CN1C(=S)N(c2ccc(OC)cc2)C(=O)C1CC(=O)Nc1ccc(C(=O)OC)cc1. The van der Waals surface area contributed by atoms with E-state index in [-0.39, 0.29) is 18.1 Å². The van der Waals surface area contributed by atoms with Gasteiger partial charge in [0.25, 0.3) is 5.91 Å².